The quantitative estimate of drug-likeness (QED) is 0.598. The first-order chi connectivity index (χ1) is 10.0. The summed E-state index contributed by atoms with van der Waals surface area (Å²) in [5.74, 6) is -0.418. The number of urea groups is 1. The number of anilines is 1. The number of rotatable bonds is 7. The molecule has 116 valence electrons. The number of amides is 2. The molecule has 0 aliphatic rings. The van der Waals surface area contributed by atoms with Crippen LogP contribution in [0, 0.1) is 0 Å². The Labute approximate surface area is 124 Å². The van der Waals surface area contributed by atoms with Crippen LogP contribution in [-0.4, -0.2) is 38.4 Å². The fraction of sp³-hybridized carbons (Fsp3) is 0.467. The van der Waals surface area contributed by atoms with E-state index in [2.05, 4.69) is 10.6 Å². The first kappa shape index (κ1) is 17.0. The first-order valence-electron chi connectivity index (χ1n) is 6.86. The average Bonchev–Trinajstić information content (AvgIpc) is 2.42. The molecule has 0 aliphatic heterocycles. The fourth-order valence-electron chi connectivity index (χ4n) is 1.60. The minimum absolute atomic E-state index is 0.0407. The zero-order valence-corrected chi connectivity index (χ0v) is 12.6. The molecule has 0 saturated heterocycles. The van der Waals surface area contributed by atoms with E-state index in [0.717, 1.165) is 0 Å². The predicted molar refractivity (Wildman–Crippen MR) is 80.5 cm³/mol. The topological polar surface area (TPSA) is 76.7 Å². The van der Waals surface area contributed by atoms with Gasteiger partial charge in [0.2, 0.25) is 0 Å². The Hall–Kier alpha value is -2.08. The summed E-state index contributed by atoms with van der Waals surface area (Å²) in [7, 11) is 1.60. The van der Waals surface area contributed by atoms with Crippen LogP contribution in [0.5, 0.6) is 0 Å². The Morgan fingerprint density at radius 2 is 2.00 bits per heavy atom. The van der Waals surface area contributed by atoms with E-state index in [1.165, 1.54) is 0 Å². The number of ether oxygens (including phenoxy) is 2. The van der Waals surface area contributed by atoms with E-state index in [9.17, 15) is 9.59 Å². The zero-order chi connectivity index (χ0) is 15.7. The summed E-state index contributed by atoms with van der Waals surface area (Å²) in [5, 5.41) is 5.38. The molecule has 0 bridgehead atoms. The molecule has 2 amide bonds. The molecule has 21 heavy (non-hydrogen) atoms. The van der Waals surface area contributed by atoms with Crippen molar-refractivity contribution in [1.82, 2.24) is 5.32 Å². The third-order valence-corrected chi connectivity index (χ3v) is 2.50. The van der Waals surface area contributed by atoms with Gasteiger partial charge in [-0.3, -0.25) is 0 Å². The van der Waals surface area contributed by atoms with Crippen molar-refractivity contribution in [2.75, 3.05) is 25.6 Å². The molecule has 0 fully saturated rings. The van der Waals surface area contributed by atoms with E-state index in [-0.39, 0.29) is 12.1 Å². The number of hydrogen-bond donors (Lipinski definition) is 2. The monoisotopic (exact) mass is 294 g/mol. The van der Waals surface area contributed by atoms with Gasteiger partial charge in [0.25, 0.3) is 0 Å². The molecule has 0 radical (unpaired) electrons. The number of nitrogens with one attached hydrogen (secondary N) is 2. The van der Waals surface area contributed by atoms with E-state index < -0.39 is 5.97 Å². The summed E-state index contributed by atoms with van der Waals surface area (Å²) in [4.78, 5) is 23.4. The molecule has 6 heteroatoms. The highest BCUT2D eigenvalue weighted by atomic mass is 16.5. The molecule has 0 unspecified atom stereocenters. The van der Waals surface area contributed by atoms with Gasteiger partial charge >= 0.3 is 12.0 Å². The Kier molecular flexibility index (Phi) is 7.25. The van der Waals surface area contributed by atoms with Gasteiger partial charge < -0.3 is 20.1 Å². The molecule has 6 nitrogen and oxygen atoms in total. The van der Waals surface area contributed by atoms with E-state index in [1.807, 2.05) is 13.8 Å². The highest BCUT2D eigenvalue weighted by Crippen LogP contribution is 2.12. The van der Waals surface area contributed by atoms with Crippen LogP contribution in [0.25, 0.3) is 0 Å². The van der Waals surface area contributed by atoms with Crippen molar-refractivity contribution in [3.63, 3.8) is 0 Å². The maximum atomic E-state index is 11.8. The number of benzene rings is 1. The van der Waals surface area contributed by atoms with Crippen LogP contribution in [0.15, 0.2) is 24.3 Å². The van der Waals surface area contributed by atoms with Gasteiger partial charge in [-0.1, -0.05) is 6.07 Å². The number of carbonyl (C=O) groups is 2. The number of hydrogen-bond acceptors (Lipinski definition) is 4. The number of methoxy groups -OCH3 is 1. The Bertz CT molecular complexity index is 474. The molecule has 1 aromatic rings. The van der Waals surface area contributed by atoms with Gasteiger partial charge in [0.15, 0.2) is 0 Å². The largest absolute Gasteiger partial charge is 0.462 e. The lowest BCUT2D eigenvalue weighted by atomic mass is 10.2. The molecule has 2 N–H and O–H groups in total. The Morgan fingerprint density at radius 1 is 1.24 bits per heavy atom. The summed E-state index contributed by atoms with van der Waals surface area (Å²) in [6.45, 7) is 4.59. The van der Waals surface area contributed by atoms with E-state index in [0.29, 0.717) is 30.9 Å². The van der Waals surface area contributed by atoms with Crippen molar-refractivity contribution in [2.45, 2.75) is 26.3 Å². The minimum atomic E-state index is -0.418. The van der Waals surface area contributed by atoms with Gasteiger partial charge in [-0.15, -0.1) is 0 Å². The summed E-state index contributed by atoms with van der Waals surface area (Å²) >= 11 is 0. The minimum Gasteiger partial charge on any atom is -0.462 e. The molecular weight excluding hydrogens is 272 g/mol. The Morgan fingerprint density at radius 3 is 2.67 bits per heavy atom. The SMILES string of the molecule is COCCCOC(=O)c1cccc(NC(=O)NC(C)C)c1. The smallest absolute Gasteiger partial charge is 0.338 e. The Balaban J connectivity index is 2.55. The molecule has 0 saturated carbocycles. The summed E-state index contributed by atoms with van der Waals surface area (Å²) in [6, 6.07) is 6.36. The summed E-state index contributed by atoms with van der Waals surface area (Å²) < 4.78 is 9.99. The highest BCUT2D eigenvalue weighted by Gasteiger charge is 2.09. The van der Waals surface area contributed by atoms with Crippen molar-refractivity contribution in [2.24, 2.45) is 0 Å². The highest BCUT2D eigenvalue weighted by molar-refractivity contribution is 5.93. The standard InChI is InChI=1S/C15H22N2O4/c1-11(2)16-15(19)17-13-7-4-6-12(10-13)14(18)21-9-5-8-20-3/h4,6-7,10-11H,5,8-9H2,1-3H3,(H2,16,17,19). The molecule has 0 heterocycles. The maximum Gasteiger partial charge on any atom is 0.338 e. The third-order valence-electron chi connectivity index (χ3n) is 2.50. The van der Waals surface area contributed by atoms with Crippen LogP contribution in [0.2, 0.25) is 0 Å². The molecule has 0 aromatic heterocycles. The van der Waals surface area contributed by atoms with Crippen LogP contribution in [-0.2, 0) is 9.47 Å². The lowest BCUT2D eigenvalue weighted by Gasteiger charge is -2.11. The molecule has 0 spiro atoms. The van der Waals surface area contributed by atoms with Gasteiger partial charge in [0, 0.05) is 31.9 Å². The van der Waals surface area contributed by atoms with Crippen LogP contribution in [0.1, 0.15) is 30.6 Å². The van der Waals surface area contributed by atoms with Gasteiger partial charge in [0.1, 0.15) is 0 Å². The van der Waals surface area contributed by atoms with Crippen LogP contribution < -0.4 is 10.6 Å². The lowest BCUT2D eigenvalue weighted by Crippen LogP contribution is -2.34. The van der Waals surface area contributed by atoms with E-state index in [4.69, 9.17) is 9.47 Å². The number of carbonyl (C=O) groups excluding carboxylic acids is 2. The molecule has 0 aliphatic carbocycles. The molecule has 1 rings (SSSR count). The molecular formula is C15H22N2O4. The van der Waals surface area contributed by atoms with Gasteiger partial charge in [0.05, 0.1) is 12.2 Å². The lowest BCUT2D eigenvalue weighted by molar-refractivity contribution is 0.0468. The van der Waals surface area contributed by atoms with Gasteiger partial charge in [-0.05, 0) is 32.0 Å². The van der Waals surface area contributed by atoms with E-state index in [1.54, 1.807) is 31.4 Å². The van der Waals surface area contributed by atoms with Crippen LogP contribution >= 0.6 is 0 Å². The number of esters is 1. The van der Waals surface area contributed by atoms with Crippen LogP contribution in [0.4, 0.5) is 10.5 Å². The third kappa shape index (κ3) is 6.76. The second-order valence-electron chi connectivity index (χ2n) is 4.82. The molecule has 1 aromatic carbocycles. The van der Waals surface area contributed by atoms with Gasteiger partial charge in [-0.2, -0.15) is 0 Å². The predicted octanol–water partition coefficient (Wildman–Crippen LogP) is 2.41. The zero-order valence-electron chi connectivity index (χ0n) is 12.6. The second-order valence-corrected chi connectivity index (χ2v) is 4.82. The second kappa shape index (κ2) is 8.97. The summed E-state index contributed by atoms with van der Waals surface area (Å²) in [5.41, 5.74) is 0.939. The van der Waals surface area contributed by atoms with Gasteiger partial charge in [-0.25, -0.2) is 9.59 Å². The normalized spacial score (nSPS) is 10.3. The fourth-order valence-corrected chi connectivity index (χ4v) is 1.60. The first-order valence-corrected chi connectivity index (χ1v) is 6.86. The van der Waals surface area contributed by atoms with Crippen molar-refractivity contribution < 1.29 is 19.1 Å². The van der Waals surface area contributed by atoms with Crippen molar-refractivity contribution in [1.29, 1.82) is 0 Å². The summed E-state index contributed by atoms with van der Waals surface area (Å²) in [6.07, 6.45) is 0.650. The van der Waals surface area contributed by atoms with Crippen LogP contribution in [0.3, 0.4) is 0 Å². The maximum absolute atomic E-state index is 11.8. The van der Waals surface area contributed by atoms with Crippen molar-refractivity contribution in [3.8, 4) is 0 Å². The van der Waals surface area contributed by atoms with Crippen molar-refractivity contribution >= 4 is 17.7 Å². The molecule has 0 atom stereocenters. The van der Waals surface area contributed by atoms with E-state index >= 15 is 0 Å². The average molecular weight is 294 g/mol. The van der Waals surface area contributed by atoms with Crippen molar-refractivity contribution in [3.05, 3.63) is 29.8 Å².